The molecule has 5 heteroatoms. The van der Waals surface area contributed by atoms with Gasteiger partial charge in [-0.15, -0.1) is 0 Å². The van der Waals surface area contributed by atoms with Crippen molar-refractivity contribution in [1.29, 1.82) is 0 Å². The van der Waals surface area contributed by atoms with Crippen LogP contribution in [0.4, 0.5) is 4.79 Å². The van der Waals surface area contributed by atoms with Crippen molar-refractivity contribution in [2.24, 2.45) is 0 Å². The standard InChI is InChI=1S/C12H14N2O3/c1-16-11-10(13-12(15)14(11)17-2)8-9-6-4-3-5-7-9/h3-8,11H,1-2H3,(H,13,15). The first-order valence-corrected chi connectivity index (χ1v) is 5.20. The summed E-state index contributed by atoms with van der Waals surface area (Å²) in [6, 6.07) is 9.35. The highest BCUT2D eigenvalue weighted by molar-refractivity contribution is 5.81. The van der Waals surface area contributed by atoms with E-state index in [0.29, 0.717) is 5.70 Å². The number of rotatable bonds is 3. The Bertz CT molecular complexity index is 431. The van der Waals surface area contributed by atoms with Crippen LogP contribution in [0.15, 0.2) is 36.0 Å². The highest BCUT2D eigenvalue weighted by Gasteiger charge is 2.35. The summed E-state index contributed by atoms with van der Waals surface area (Å²) >= 11 is 0. The number of hydrogen-bond donors (Lipinski definition) is 1. The Morgan fingerprint density at radius 1 is 1.29 bits per heavy atom. The molecule has 0 aliphatic carbocycles. The lowest BCUT2D eigenvalue weighted by molar-refractivity contribution is -0.163. The lowest BCUT2D eigenvalue weighted by Gasteiger charge is -2.18. The monoisotopic (exact) mass is 234 g/mol. The Hall–Kier alpha value is -1.85. The van der Waals surface area contributed by atoms with Crippen LogP contribution in [-0.4, -0.2) is 31.5 Å². The maximum absolute atomic E-state index is 11.5. The number of urea groups is 1. The van der Waals surface area contributed by atoms with Crippen LogP contribution in [0.2, 0.25) is 0 Å². The molecule has 2 rings (SSSR count). The molecule has 0 spiro atoms. The number of methoxy groups -OCH3 is 1. The summed E-state index contributed by atoms with van der Waals surface area (Å²) in [4.78, 5) is 16.5. The van der Waals surface area contributed by atoms with E-state index in [2.05, 4.69) is 5.32 Å². The Morgan fingerprint density at radius 2 is 2.00 bits per heavy atom. The minimum absolute atomic E-state index is 0.332. The first kappa shape index (κ1) is 11.6. The minimum Gasteiger partial charge on any atom is -0.354 e. The van der Waals surface area contributed by atoms with E-state index in [9.17, 15) is 4.79 Å². The van der Waals surface area contributed by atoms with Crippen LogP contribution in [0.1, 0.15) is 5.56 Å². The molecule has 1 saturated heterocycles. The lowest BCUT2D eigenvalue weighted by Crippen LogP contribution is -2.33. The largest absolute Gasteiger partial charge is 0.354 e. The molecule has 0 bridgehead atoms. The van der Waals surface area contributed by atoms with E-state index in [-0.39, 0.29) is 6.03 Å². The number of hydroxylamine groups is 2. The van der Waals surface area contributed by atoms with E-state index >= 15 is 0 Å². The molecule has 0 saturated carbocycles. The Kier molecular flexibility index (Phi) is 3.41. The van der Waals surface area contributed by atoms with Crippen LogP contribution in [0, 0.1) is 0 Å². The average molecular weight is 234 g/mol. The van der Waals surface area contributed by atoms with Crippen molar-refractivity contribution in [2.45, 2.75) is 6.23 Å². The number of carbonyl (C=O) groups is 1. The third kappa shape index (κ3) is 2.30. The van der Waals surface area contributed by atoms with Crippen molar-refractivity contribution in [3.63, 3.8) is 0 Å². The SMILES string of the molecule is COC1C(=Cc2ccccc2)NC(=O)N1OC. The van der Waals surface area contributed by atoms with Gasteiger partial charge in [0.25, 0.3) is 0 Å². The maximum Gasteiger partial charge on any atom is 0.348 e. The molecule has 1 N–H and O–H groups in total. The summed E-state index contributed by atoms with van der Waals surface area (Å²) < 4.78 is 5.22. The van der Waals surface area contributed by atoms with Crippen LogP contribution in [0.5, 0.6) is 0 Å². The van der Waals surface area contributed by atoms with E-state index in [1.54, 1.807) is 0 Å². The lowest BCUT2D eigenvalue weighted by atomic mass is 10.2. The van der Waals surface area contributed by atoms with E-state index in [0.717, 1.165) is 10.6 Å². The summed E-state index contributed by atoms with van der Waals surface area (Å²) in [5.74, 6) is 0. The van der Waals surface area contributed by atoms with Gasteiger partial charge < -0.3 is 10.1 Å². The molecule has 0 radical (unpaired) electrons. The van der Waals surface area contributed by atoms with Crippen LogP contribution in [0.3, 0.4) is 0 Å². The van der Waals surface area contributed by atoms with E-state index in [1.807, 2.05) is 36.4 Å². The fraction of sp³-hybridized carbons (Fsp3) is 0.250. The average Bonchev–Trinajstić information content (AvgIpc) is 2.65. The van der Waals surface area contributed by atoms with Gasteiger partial charge in [0.1, 0.15) is 0 Å². The molecule has 0 aromatic heterocycles. The van der Waals surface area contributed by atoms with E-state index < -0.39 is 6.23 Å². The van der Waals surface area contributed by atoms with Crippen molar-refractivity contribution in [3.8, 4) is 0 Å². The molecule has 1 aromatic rings. The molecule has 1 aliphatic rings. The second-order valence-electron chi connectivity index (χ2n) is 3.54. The highest BCUT2D eigenvalue weighted by atomic mass is 16.7. The Balaban J connectivity index is 2.27. The third-order valence-corrected chi connectivity index (χ3v) is 2.47. The molecule has 17 heavy (non-hydrogen) atoms. The maximum atomic E-state index is 11.5. The molecule has 2 amide bonds. The zero-order chi connectivity index (χ0) is 12.3. The zero-order valence-corrected chi connectivity index (χ0v) is 9.71. The first-order chi connectivity index (χ1) is 8.26. The Morgan fingerprint density at radius 3 is 2.59 bits per heavy atom. The van der Waals surface area contributed by atoms with Crippen molar-refractivity contribution in [3.05, 3.63) is 41.6 Å². The number of carbonyl (C=O) groups excluding carboxylic acids is 1. The summed E-state index contributed by atoms with van der Waals surface area (Å²) in [5, 5.41) is 3.85. The fourth-order valence-corrected chi connectivity index (χ4v) is 1.71. The van der Waals surface area contributed by atoms with Gasteiger partial charge in [0, 0.05) is 7.11 Å². The number of benzene rings is 1. The molecular formula is C12H14N2O3. The Labute approximate surface area is 99.6 Å². The molecule has 1 aliphatic heterocycles. The van der Waals surface area contributed by atoms with Crippen LogP contribution in [0.25, 0.3) is 6.08 Å². The zero-order valence-electron chi connectivity index (χ0n) is 9.71. The molecule has 1 heterocycles. The van der Waals surface area contributed by atoms with Gasteiger partial charge in [-0.2, -0.15) is 5.06 Å². The smallest absolute Gasteiger partial charge is 0.348 e. The minimum atomic E-state index is -0.535. The van der Waals surface area contributed by atoms with Crippen molar-refractivity contribution in [1.82, 2.24) is 10.4 Å². The molecule has 5 nitrogen and oxygen atoms in total. The normalized spacial score (nSPS) is 22.0. The second kappa shape index (κ2) is 4.99. The van der Waals surface area contributed by atoms with Gasteiger partial charge in [-0.05, 0) is 11.6 Å². The predicted molar refractivity (Wildman–Crippen MR) is 62.6 cm³/mol. The van der Waals surface area contributed by atoms with Crippen molar-refractivity contribution in [2.75, 3.05) is 14.2 Å². The topological polar surface area (TPSA) is 50.8 Å². The van der Waals surface area contributed by atoms with E-state index in [1.165, 1.54) is 14.2 Å². The molecule has 1 aromatic carbocycles. The predicted octanol–water partition coefficient (Wildman–Crippen LogP) is 1.59. The van der Waals surface area contributed by atoms with Crippen LogP contribution >= 0.6 is 0 Å². The number of nitrogens with one attached hydrogen (secondary N) is 1. The van der Waals surface area contributed by atoms with E-state index in [4.69, 9.17) is 9.57 Å². The summed E-state index contributed by atoms with van der Waals surface area (Å²) in [7, 11) is 2.95. The van der Waals surface area contributed by atoms with Gasteiger partial charge in [-0.1, -0.05) is 30.3 Å². The number of hydrogen-bond acceptors (Lipinski definition) is 3. The van der Waals surface area contributed by atoms with Crippen LogP contribution in [-0.2, 0) is 9.57 Å². The number of nitrogens with zero attached hydrogens (tertiary/aromatic N) is 1. The highest BCUT2D eigenvalue weighted by Crippen LogP contribution is 2.20. The third-order valence-electron chi connectivity index (χ3n) is 2.47. The molecule has 1 unspecified atom stereocenters. The van der Waals surface area contributed by atoms with Crippen LogP contribution < -0.4 is 5.32 Å². The van der Waals surface area contributed by atoms with Crippen molar-refractivity contribution < 1.29 is 14.4 Å². The quantitative estimate of drug-likeness (QED) is 0.864. The summed E-state index contributed by atoms with van der Waals surface area (Å²) in [6.45, 7) is 0. The molecular weight excluding hydrogens is 220 g/mol. The van der Waals surface area contributed by atoms with Gasteiger partial charge in [0.2, 0.25) is 0 Å². The van der Waals surface area contributed by atoms with Gasteiger partial charge in [0.05, 0.1) is 12.8 Å². The summed E-state index contributed by atoms with van der Waals surface area (Å²) in [6.07, 6.45) is 1.32. The fourth-order valence-electron chi connectivity index (χ4n) is 1.71. The number of amides is 2. The molecule has 1 fully saturated rings. The molecule has 1 atom stereocenters. The van der Waals surface area contributed by atoms with Crippen molar-refractivity contribution >= 4 is 12.1 Å². The van der Waals surface area contributed by atoms with Gasteiger partial charge in [-0.25, -0.2) is 4.79 Å². The molecule has 90 valence electrons. The summed E-state index contributed by atoms with van der Waals surface area (Å²) in [5.41, 5.74) is 1.65. The van der Waals surface area contributed by atoms with Gasteiger partial charge in [-0.3, -0.25) is 4.84 Å². The van der Waals surface area contributed by atoms with Gasteiger partial charge in [0.15, 0.2) is 6.23 Å². The first-order valence-electron chi connectivity index (χ1n) is 5.20. The van der Waals surface area contributed by atoms with Gasteiger partial charge >= 0.3 is 6.03 Å². The number of ether oxygens (including phenoxy) is 1. The second-order valence-corrected chi connectivity index (χ2v) is 3.54.